The zero-order valence-electron chi connectivity index (χ0n) is 8.64. The van der Waals surface area contributed by atoms with Crippen LogP contribution in [-0.2, 0) is 0 Å². The van der Waals surface area contributed by atoms with Crippen molar-refractivity contribution < 1.29 is 4.79 Å². The molecule has 2 rings (SSSR count). The SMILES string of the molecule is NCCCNc1ncc2scc(C=O)c2n1. The minimum Gasteiger partial charge on any atom is -0.354 e. The zero-order chi connectivity index (χ0) is 11.4. The standard InChI is InChI=1S/C10H12N4OS/c11-2-1-3-12-10-13-4-8-9(14-10)7(5-15)6-16-8/h4-6H,1-3,11H2,(H,12,13,14). The Balaban J connectivity index is 2.24. The molecule has 84 valence electrons. The van der Waals surface area contributed by atoms with Gasteiger partial charge in [-0.1, -0.05) is 0 Å². The number of carbonyl (C=O) groups excluding carboxylic acids is 1. The molecule has 0 saturated heterocycles. The molecule has 5 nitrogen and oxygen atoms in total. The van der Waals surface area contributed by atoms with Crippen LogP contribution in [0.3, 0.4) is 0 Å². The lowest BCUT2D eigenvalue weighted by Gasteiger charge is -2.02. The lowest BCUT2D eigenvalue weighted by Crippen LogP contribution is -2.10. The predicted octanol–water partition coefficient (Wildman–Crippen LogP) is 1.26. The van der Waals surface area contributed by atoms with Crippen molar-refractivity contribution in [2.45, 2.75) is 6.42 Å². The number of aromatic nitrogens is 2. The lowest BCUT2D eigenvalue weighted by atomic mass is 10.3. The van der Waals surface area contributed by atoms with Crippen molar-refractivity contribution in [2.24, 2.45) is 5.73 Å². The molecule has 6 heteroatoms. The Kier molecular flexibility index (Phi) is 3.43. The van der Waals surface area contributed by atoms with Gasteiger partial charge in [0.15, 0.2) is 6.29 Å². The molecule has 0 atom stereocenters. The molecular weight excluding hydrogens is 224 g/mol. The normalized spacial score (nSPS) is 10.6. The minimum absolute atomic E-state index is 0.544. The molecule has 0 fully saturated rings. The number of nitrogens with two attached hydrogens (primary N) is 1. The maximum Gasteiger partial charge on any atom is 0.223 e. The number of carbonyl (C=O) groups is 1. The van der Waals surface area contributed by atoms with Gasteiger partial charge in [0.2, 0.25) is 5.95 Å². The summed E-state index contributed by atoms with van der Waals surface area (Å²) in [6.07, 6.45) is 3.41. The fraction of sp³-hybridized carbons (Fsp3) is 0.300. The predicted molar refractivity (Wildman–Crippen MR) is 65.0 cm³/mol. The zero-order valence-corrected chi connectivity index (χ0v) is 9.46. The van der Waals surface area contributed by atoms with Gasteiger partial charge in [-0.3, -0.25) is 4.79 Å². The van der Waals surface area contributed by atoms with Crippen LogP contribution in [-0.4, -0.2) is 29.3 Å². The summed E-state index contributed by atoms with van der Waals surface area (Å²) in [7, 11) is 0. The quantitative estimate of drug-likeness (QED) is 0.603. The summed E-state index contributed by atoms with van der Waals surface area (Å²) in [4.78, 5) is 19.2. The van der Waals surface area contributed by atoms with Gasteiger partial charge in [-0.15, -0.1) is 11.3 Å². The first-order chi connectivity index (χ1) is 7.85. The molecule has 16 heavy (non-hydrogen) atoms. The first kappa shape index (κ1) is 11.0. The third-order valence-corrected chi connectivity index (χ3v) is 3.06. The Bertz CT molecular complexity index is 497. The van der Waals surface area contributed by atoms with E-state index in [4.69, 9.17) is 5.73 Å². The van der Waals surface area contributed by atoms with E-state index < -0.39 is 0 Å². The van der Waals surface area contributed by atoms with Crippen molar-refractivity contribution in [3.8, 4) is 0 Å². The fourth-order valence-electron chi connectivity index (χ4n) is 1.32. The van der Waals surface area contributed by atoms with Crippen molar-refractivity contribution in [1.29, 1.82) is 0 Å². The molecule has 0 bridgehead atoms. The topological polar surface area (TPSA) is 80.9 Å². The summed E-state index contributed by atoms with van der Waals surface area (Å²) >= 11 is 1.47. The van der Waals surface area contributed by atoms with Crippen molar-refractivity contribution >= 4 is 33.8 Å². The highest BCUT2D eigenvalue weighted by molar-refractivity contribution is 7.17. The number of fused-ring (bicyclic) bond motifs is 1. The van der Waals surface area contributed by atoms with Crippen LogP contribution in [0, 0.1) is 0 Å². The number of nitrogens with one attached hydrogen (secondary N) is 1. The van der Waals surface area contributed by atoms with Crippen molar-refractivity contribution in [2.75, 3.05) is 18.4 Å². The van der Waals surface area contributed by atoms with E-state index in [2.05, 4.69) is 15.3 Å². The molecule has 0 aliphatic rings. The maximum atomic E-state index is 10.8. The second-order valence-corrected chi connectivity index (χ2v) is 4.20. The molecule has 2 aromatic heterocycles. The summed E-state index contributed by atoms with van der Waals surface area (Å²) in [6.45, 7) is 1.37. The minimum atomic E-state index is 0.544. The van der Waals surface area contributed by atoms with Crippen LogP contribution in [0.15, 0.2) is 11.6 Å². The van der Waals surface area contributed by atoms with Crippen LogP contribution in [0.2, 0.25) is 0 Å². The van der Waals surface area contributed by atoms with Crippen LogP contribution in [0.5, 0.6) is 0 Å². The van der Waals surface area contributed by atoms with Crippen molar-refractivity contribution in [1.82, 2.24) is 9.97 Å². The number of anilines is 1. The van der Waals surface area contributed by atoms with Gasteiger partial charge in [-0.25, -0.2) is 9.97 Å². The van der Waals surface area contributed by atoms with Gasteiger partial charge >= 0.3 is 0 Å². The highest BCUT2D eigenvalue weighted by Gasteiger charge is 2.06. The van der Waals surface area contributed by atoms with Gasteiger partial charge in [0.05, 0.1) is 22.0 Å². The summed E-state index contributed by atoms with van der Waals surface area (Å²) in [5.41, 5.74) is 6.72. The molecular formula is C10H12N4OS. The second kappa shape index (κ2) is 5.00. The van der Waals surface area contributed by atoms with Crippen molar-refractivity contribution in [3.63, 3.8) is 0 Å². The number of hydrogen-bond donors (Lipinski definition) is 2. The molecule has 0 amide bonds. The summed E-state index contributed by atoms with van der Waals surface area (Å²) in [5.74, 6) is 0.544. The van der Waals surface area contributed by atoms with Gasteiger partial charge < -0.3 is 11.1 Å². The molecule has 0 saturated carbocycles. The number of nitrogens with zero attached hydrogens (tertiary/aromatic N) is 2. The monoisotopic (exact) mass is 236 g/mol. The lowest BCUT2D eigenvalue weighted by molar-refractivity contribution is 0.112. The third kappa shape index (κ3) is 2.17. The smallest absolute Gasteiger partial charge is 0.223 e. The Labute approximate surface area is 96.7 Å². The first-order valence-electron chi connectivity index (χ1n) is 4.98. The molecule has 2 aromatic rings. The molecule has 2 heterocycles. The molecule has 0 aromatic carbocycles. The van der Waals surface area contributed by atoms with E-state index in [0.717, 1.165) is 24.0 Å². The highest BCUT2D eigenvalue weighted by atomic mass is 32.1. The van der Waals surface area contributed by atoms with E-state index in [1.807, 2.05) is 0 Å². The molecule has 0 aliphatic carbocycles. The summed E-state index contributed by atoms with van der Waals surface area (Å²) in [5, 5.41) is 4.85. The fourth-order valence-corrected chi connectivity index (χ4v) is 2.13. The third-order valence-electron chi connectivity index (χ3n) is 2.13. The Morgan fingerprint density at radius 1 is 1.56 bits per heavy atom. The maximum absolute atomic E-state index is 10.8. The van der Waals surface area contributed by atoms with Crippen LogP contribution in [0.25, 0.3) is 10.2 Å². The van der Waals surface area contributed by atoms with E-state index in [0.29, 0.717) is 23.6 Å². The number of rotatable bonds is 5. The van der Waals surface area contributed by atoms with Gasteiger partial charge in [0, 0.05) is 11.9 Å². The largest absolute Gasteiger partial charge is 0.354 e. The van der Waals surface area contributed by atoms with E-state index >= 15 is 0 Å². The molecule has 0 unspecified atom stereocenters. The first-order valence-corrected chi connectivity index (χ1v) is 5.86. The highest BCUT2D eigenvalue weighted by Crippen LogP contribution is 2.22. The summed E-state index contributed by atoms with van der Waals surface area (Å²) in [6, 6.07) is 0. The Morgan fingerprint density at radius 3 is 3.19 bits per heavy atom. The van der Waals surface area contributed by atoms with E-state index in [-0.39, 0.29) is 0 Å². The van der Waals surface area contributed by atoms with Crippen LogP contribution in [0.1, 0.15) is 16.8 Å². The van der Waals surface area contributed by atoms with E-state index in [1.54, 1.807) is 11.6 Å². The van der Waals surface area contributed by atoms with E-state index in [9.17, 15) is 4.79 Å². The average Bonchev–Trinajstić information content (AvgIpc) is 2.71. The molecule has 0 spiro atoms. The Morgan fingerprint density at radius 2 is 2.44 bits per heavy atom. The van der Waals surface area contributed by atoms with Crippen molar-refractivity contribution in [3.05, 3.63) is 17.1 Å². The van der Waals surface area contributed by atoms with Gasteiger partial charge in [-0.05, 0) is 13.0 Å². The van der Waals surface area contributed by atoms with Gasteiger partial charge in [-0.2, -0.15) is 0 Å². The van der Waals surface area contributed by atoms with Crippen LogP contribution < -0.4 is 11.1 Å². The summed E-state index contributed by atoms with van der Waals surface area (Å²) < 4.78 is 0.923. The average molecular weight is 236 g/mol. The molecule has 0 aliphatic heterocycles. The van der Waals surface area contributed by atoms with Gasteiger partial charge in [0.1, 0.15) is 0 Å². The van der Waals surface area contributed by atoms with Crippen LogP contribution >= 0.6 is 11.3 Å². The molecule has 0 radical (unpaired) electrons. The van der Waals surface area contributed by atoms with Gasteiger partial charge in [0.25, 0.3) is 0 Å². The van der Waals surface area contributed by atoms with E-state index in [1.165, 1.54) is 11.3 Å². The number of hydrogen-bond acceptors (Lipinski definition) is 6. The number of aldehydes is 1. The Hall–Kier alpha value is -1.53. The number of thiophene rings is 1. The molecule has 3 N–H and O–H groups in total. The van der Waals surface area contributed by atoms with Crippen LogP contribution in [0.4, 0.5) is 5.95 Å². The second-order valence-electron chi connectivity index (χ2n) is 3.28.